The Morgan fingerprint density at radius 2 is 1.95 bits per heavy atom. The van der Waals surface area contributed by atoms with Crippen LogP contribution in [0.5, 0.6) is 0 Å². The lowest BCUT2D eigenvalue weighted by Crippen LogP contribution is -2.49. The fraction of sp³-hybridized carbons (Fsp3) is 0.684. The van der Waals surface area contributed by atoms with Crippen molar-refractivity contribution in [3.8, 4) is 0 Å². The molecule has 5 atom stereocenters. The van der Waals surface area contributed by atoms with Crippen molar-refractivity contribution in [2.24, 2.45) is 22.7 Å². The van der Waals surface area contributed by atoms with E-state index in [9.17, 15) is 15.3 Å². The van der Waals surface area contributed by atoms with Crippen molar-refractivity contribution in [2.75, 3.05) is 0 Å². The maximum absolute atomic E-state index is 10.7. The average Bonchev–Trinajstić information content (AvgIpc) is 2.89. The highest BCUT2D eigenvalue weighted by Crippen LogP contribution is 2.63. The first kappa shape index (κ1) is 14.4. The summed E-state index contributed by atoms with van der Waals surface area (Å²) in [4.78, 5) is 0. The van der Waals surface area contributed by atoms with Crippen molar-refractivity contribution in [1.82, 2.24) is 0 Å². The van der Waals surface area contributed by atoms with Gasteiger partial charge in [0.15, 0.2) is 5.76 Å². The van der Waals surface area contributed by atoms with Crippen LogP contribution in [0.15, 0.2) is 34.8 Å². The molecule has 3 nitrogen and oxygen atoms in total. The maximum atomic E-state index is 10.7. The molecule has 1 fully saturated rings. The van der Waals surface area contributed by atoms with Crippen LogP contribution in [-0.2, 0) is 0 Å². The lowest BCUT2D eigenvalue weighted by Gasteiger charge is -2.54. The molecule has 0 spiro atoms. The smallest absolute Gasteiger partial charge is 0.159 e. The Bertz CT molecular complexity index is 614. The van der Waals surface area contributed by atoms with Gasteiger partial charge in [0.2, 0.25) is 0 Å². The highest BCUT2D eigenvalue weighted by Gasteiger charge is 2.56. The third kappa shape index (κ3) is 1.61. The Morgan fingerprint density at radius 1 is 1.18 bits per heavy atom. The molecule has 0 aromatic heterocycles. The fourth-order valence-electron chi connectivity index (χ4n) is 5.72. The molecule has 0 aliphatic heterocycles. The topological polar surface area (TPSA) is 60.7 Å². The Labute approximate surface area is 132 Å². The second-order valence-corrected chi connectivity index (χ2v) is 8.20. The van der Waals surface area contributed by atoms with E-state index < -0.39 is 11.5 Å². The Balaban J connectivity index is 1.85. The first-order chi connectivity index (χ1) is 10.4. The Hall–Kier alpha value is -1.22. The number of allylic oxidation sites excluding steroid dienone is 5. The van der Waals surface area contributed by atoms with Crippen LogP contribution in [0.25, 0.3) is 0 Å². The highest BCUT2D eigenvalue weighted by atomic mass is 16.3. The van der Waals surface area contributed by atoms with Gasteiger partial charge in [0.05, 0.1) is 0 Å². The molecule has 0 radical (unpaired) electrons. The van der Waals surface area contributed by atoms with Crippen molar-refractivity contribution in [1.29, 1.82) is 0 Å². The van der Waals surface area contributed by atoms with Crippen molar-refractivity contribution >= 4 is 0 Å². The molecule has 4 aliphatic rings. The van der Waals surface area contributed by atoms with E-state index in [0.717, 1.165) is 32.1 Å². The van der Waals surface area contributed by atoms with E-state index in [2.05, 4.69) is 26.0 Å². The number of aliphatic hydroxyl groups excluding tert-OH is 3. The van der Waals surface area contributed by atoms with Crippen molar-refractivity contribution in [2.45, 2.75) is 58.5 Å². The van der Waals surface area contributed by atoms with E-state index >= 15 is 0 Å². The average molecular weight is 302 g/mol. The second-order valence-electron chi connectivity index (χ2n) is 8.20. The summed E-state index contributed by atoms with van der Waals surface area (Å²) in [7, 11) is 0. The molecule has 0 bridgehead atoms. The Morgan fingerprint density at radius 3 is 2.73 bits per heavy atom. The van der Waals surface area contributed by atoms with Crippen LogP contribution in [0.3, 0.4) is 0 Å². The predicted molar refractivity (Wildman–Crippen MR) is 85.4 cm³/mol. The molecule has 0 amide bonds. The predicted octanol–water partition coefficient (Wildman–Crippen LogP) is 4.17. The molecule has 4 aliphatic carbocycles. The normalized spacial score (nSPS) is 47.3. The second kappa shape index (κ2) is 4.41. The number of aliphatic hydroxyl groups is 3. The minimum absolute atomic E-state index is 0.0460. The van der Waals surface area contributed by atoms with E-state index in [1.165, 1.54) is 11.1 Å². The maximum Gasteiger partial charge on any atom is 0.159 e. The molecule has 120 valence electrons. The number of hydrogen-bond acceptors (Lipinski definition) is 3. The molecule has 22 heavy (non-hydrogen) atoms. The number of rotatable bonds is 0. The largest absolute Gasteiger partial charge is 0.508 e. The number of fused-ring (bicyclic) bond motifs is 4. The van der Waals surface area contributed by atoms with Crippen molar-refractivity contribution < 1.29 is 15.3 Å². The van der Waals surface area contributed by atoms with Gasteiger partial charge in [-0.05, 0) is 61.3 Å². The summed E-state index contributed by atoms with van der Waals surface area (Å²) in [5, 5.41) is 30.8. The van der Waals surface area contributed by atoms with Crippen LogP contribution in [0.4, 0.5) is 0 Å². The molecular formula is C19H26O3. The molecule has 2 unspecified atom stereocenters. The van der Waals surface area contributed by atoms with Gasteiger partial charge in [-0.25, -0.2) is 0 Å². The van der Waals surface area contributed by atoms with Gasteiger partial charge in [-0.1, -0.05) is 31.6 Å². The molecular weight excluding hydrogens is 276 g/mol. The minimum atomic E-state index is -0.896. The summed E-state index contributed by atoms with van der Waals surface area (Å²) in [6.45, 7) is 4.46. The van der Waals surface area contributed by atoms with Crippen molar-refractivity contribution in [3.05, 3.63) is 34.8 Å². The quantitative estimate of drug-likeness (QED) is 0.629. The summed E-state index contributed by atoms with van der Waals surface area (Å²) in [5.74, 6) is 0.402. The van der Waals surface area contributed by atoms with Crippen LogP contribution in [0.2, 0.25) is 0 Å². The summed E-state index contributed by atoms with van der Waals surface area (Å²) < 4.78 is 0. The van der Waals surface area contributed by atoms with E-state index in [-0.39, 0.29) is 22.9 Å². The summed E-state index contributed by atoms with van der Waals surface area (Å²) >= 11 is 0. The molecule has 0 saturated heterocycles. The van der Waals surface area contributed by atoms with Crippen LogP contribution < -0.4 is 0 Å². The van der Waals surface area contributed by atoms with Gasteiger partial charge < -0.3 is 15.3 Å². The summed E-state index contributed by atoms with van der Waals surface area (Å²) in [5.41, 5.74) is 2.85. The lowest BCUT2D eigenvalue weighted by atomic mass is 9.50. The monoisotopic (exact) mass is 302 g/mol. The van der Waals surface area contributed by atoms with Gasteiger partial charge in [-0.3, -0.25) is 0 Å². The highest BCUT2D eigenvalue weighted by molar-refractivity contribution is 5.43. The van der Waals surface area contributed by atoms with Crippen LogP contribution in [-0.4, -0.2) is 21.4 Å². The minimum Gasteiger partial charge on any atom is -0.508 e. The molecule has 0 heterocycles. The summed E-state index contributed by atoms with van der Waals surface area (Å²) in [6, 6.07) is 0. The molecule has 3 N–H and O–H groups in total. The lowest BCUT2D eigenvalue weighted by molar-refractivity contribution is -0.0221. The van der Waals surface area contributed by atoms with Crippen LogP contribution in [0.1, 0.15) is 52.4 Å². The zero-order valence-electron chi connectivity index (χ0n) is 13.5. The zero-order chi connectivity index (χ0) is 15.7. The van der Waals surface area contributed by atoms with Gasteiger partial charge >= 0.3 is 0 Å². The third-order valence-electron chi connectivity index (χ3n) is 7.16. The van der Waals surface area contributed by atoms with E-state index in [0.29, 0.717) is 12.3 Å². The van der Waals surface area contributed by atoms with Gasteiger partial charge in [0.25, 0.3) is 0 Å². The zero-order valence-corrected chi connectivity index (χ0v) is 13.5. The van der Waals surface area contributed by atoms with E-state index in [1.807, 2.05) is 0 Å². The van der Waals surface area contributed by atoms with Gasteiger partial charge in [-0.15, -0.1) is 0 Å². The van der Waals surface area contributed by atoms with E-state index in [4.69, 9.17) is 0 Å². The van der Waals surface area contributed by atoms with Gasteiger partial charge in [0.1, 0.15) is 11.9 Å². The molecule has 1 saturated carbocycles. The van der Waals surface area contributed by atoms with Crippen molar-refractivity contribution in [3.63, 3.8) is 0 Å². The summed E-state index contributed by atoms with van der Waals surface area (Å²) in [6.07, 6.45) is 9.65. The van der Waals surface area contributed by atoms with E-state index in [1.54, 1.807) is 0 Å². The van der Waals surface area contributed by atoms with Crippen LogP contribution >= 0.6 is 0 Å². The van der Waals surface area contributed by atoms with Gasteiger partial charge in [-0.2, -0.15) is 0 Å². The first-order valence-electron chi connectivity index (χ1n) is 8.58. The molecule has 0 aromatic rings. The third-order valence-corrected chi connectivity index (χ3v) is 7.16. The molecule has 4 rings (SSSR count). The molecule has 0 aromatic carbocycles. The SMILES string of the molecule is C[C@@]12CC=CC1=C1CCC3CC(O)C(O)=C(O)[C@]3(C)[C@H]1CC2. The van der Waals surface area contributed by atoms with Crippen LogP contribution in [0, 0.1) is 22.7 Å². The standard InChI is InChI=1S/C19H26O3/c1-18-8-3-4-13(18)12-6-5-11-10-15(20)16(21)17(22)19(11,2)14(12)7-9-18/h3-4,11,14-15,20-22H,5-10H2,1-2H3/t11?,14-,15?,18-,19-/m0/s1. The Kier molecular flexibility index (Phi) is 2.88. The number of hydrogen-bond donors (Lipinski definition) is 3. The first-order valence-corrected chi connectivity index (χ1v) is 8.58. The fourth-order valence-corrected chi connectivity index (χ4v) is 5.72. The van der Waals surface area contributed by atoms with Gasteiger partial charge in [0, 0.05) is 5.41 Å². The molecule has 3 heteroatoms.